The van der Waals surface area contributed by atoms with Gasteiger partial charge >= 0.3 is 0 Å². The van der Waals surface area contributed by atoms with Gasteiger partial charge in [-0.1, -0.05) is 5.16 Å². The molecule has 0 bridgehead atoms. The molecule has 0 spiro atoms. The van der Waals surface area contributed by atoms with Gasteiger partial charge in [0.1, 0.15) is 12.0 Å². The molecule has 10 heavy (non-hydrogen) atoms. The second-order valence-corrected chi connectivity index (χ2v) is 2.56. The van der Waals surface area contributed by atoms with Gasteiger partial charge in [0.25, 0.3) is 0 Å². The Bertz CT molecular complexity index is 255. The number of hydrogen-bond donors (Lipinski definition) is 0. The first kappa shape index (κ1) is 5.61. The molecule has 4 heteroatoms. The third-order valence-corrected chi connectivity index (χ3v) is 1.84. The monoisotopic (exact) mass is 151 g/mol. The summed E-state index contributed by atoms with van der Waals surface area (Å²) >= 11 is 1.52. The van der Waals surface area contributed by atoms with Crippen LogP contribution in [-0.4, -0.2) is 10.1 Å². The maximum absolute atomic E-state index is 4.61. The molecular weight excluding hydrogens is 148 g/mol. The van der Waals surface area contributed by atoms with Crippen LogP contribution in [0.5, 0.6) is 0 Å². The van der Waals surface area contributed by atoms with E-state index in [9.17, 15) is 0 Å². The first-order valence-electron chi connectivity index (χ1n) is 2.68. The molecule has 0 saturated heterocycles. The van der Waals surface area contributed by atoms with Gasteiger partial charge in [0, 0.05) is 6.20 Å². The van der Waals surface area contributed by atoms with Gasteiger partial charge in [0.05, 0.1) is 16.5 Å². The number of nitrogens with zero attached hydrogens (tertiary/aromatic N) is 2. The Morgan fingerprint density at radius 3 is 3.20 bits per heavy atom. The van der Waals surface area contributed by atoms with Crippen molar-refractivity contribution in [2.45, 2.75) is 0 Å². The van der Waals surface area contributed by atoms with Crippen molar-refractivity contribution in [2.24, 2.45) is 0 Å². The second kappa shape index (κ2) is 2.22. The first-order valence-corrected chi connectivity index (χ1v) is 3.56. The fraction of sp³-hybridized carbons (Fsp3) is 0. The molecule has 0 aliphatic carbocycles. The Labute approximate surface area is 61.3 Å². The maximum atomic E-state index is 4.61. The first-order chi connectivity index (χ1) is 4.97. The number of aromatic nitrogens is 2. The van der Waals surface area contributed by atoms with Crippen LogP contribution in [0.1, 0.15) is 0 Å². The van der Waals surface area contributed by atoms with E-state index in [2.05, 4.69) is 20.7 Å². The van der Waals surface area contributed by atoms with Gasteiger partial charge in [0.2, 0.25) is 0 Å². The van der Waals surface area contributed by atoms with Crippen LogP contribution in [0.3, 0.4) is 0 Å². The van der Waals surface area contributed by atoms with Crippen molar-refractivity contribution < 1.29 is 4.52 Å². The van der Waals surface area contributed by atoms with E-state index < -0.39 is 0 Å². The number of hydrogen-bond acceptors (Lipinski definition) is 4. The fourth-order valence-corrected chi connectivity index (χ4v) is 1.20. The lowest BCUT2D eigenvalue weighted by Crippen LogP contribution is -1.67. The molecule has 0 aliphatic rings. The highest BCUT2D eigenvalue weighted by molar-refractivity contribution is 7.13. The van der Waals surface area contributed by atoms with E-state index in [-0.39, 0.29) is 0 Å². The smallest absolute Gasteiger partial charge is 0.133 e. The van der Waals surface area contributed by atoms with Crippen LogP contribution in [0.4, 0.5) is 0 Å². The van der Waals surface area contributed by atoms with E-state index in [1.54, 1.807) is 11.7 Å². The molecule has 2 aromatic rings. The summed E-state index contributed by atoms with van der Waals surface area (Å²) < 4.78 is 4.61. The molecule has 2 heterocycles. The SMILES string of the molecule is [c]1conc1-c1cncs1. The molecule has 1 radical (unpaired) electrons. The molecule has 0 aromatic carbocycles. The fourth-order valence-electron chi connectivity index (χ4n) is 0.636. The predicted octanol–water partition coefficient (Wildman–Crippen LogP) is 1.60. The van der Waals surface area contributed by atoms with E-state index >= 15 is 0 Å². The van der Waals surface area contributed by atoms with Gasteiger partial charge in [-0.05, 0) is 0 Å². The molecule has 0 amide bonds. The molecule has 2 aromatic heterocycles. The van der Waals surface area contributed by atoms with Crippen molar-refractivity contribution in [1.82, 2.24) is 10.1 Å². The van der Waals surface area contributed by atoms with Crippen molar-refractivity contribution in [3.05, 3.63) is 24.0 Å². The standard InChI is InChI=1S/C6H3N2OS/c1-2-9-8-5(1)6-3-7-4-10-6/h2-4H. The summed E-state index contributed by atoms with van der Waals surface area (Å²) in [6, 6.07) is 2.83. The minimum atomic E-state index is 0.725. The molecule has 3 nitrogen and oxygen atoms in total. The third kappa shape index (κ3) is 0.823. The second-order valence-electron chi connectivity index (χ2n) is 1.67. The molecule has 2 rings (SSSR count). The maximum Gasteiger partial charge on any atom is 0.133 e. The lowest BCUT2D eigenvalue weighted by molar-refractivity contribution is 0.422. The Hall–Kier alpha value is -1.16. The summed E-state index contributed by atoms with van der Waals surface area (Å²) in [6.07, 6.45) is 3.16. The minimum Gasteiger partial charge on any atom is -0.363 e. The van der Waals surface area contributed by atoms with Crippen LogP contribution < -0.4 is 0 Å². The Morgan fingerprint density at radius 1 is 1.60 bits per heavy atom. The average molecular weight is 151 g/mol. The summed E-state index contributed by atoms with van der Waals surface area (Å²) in [5.74, 6) is 0. The van der Waals surface area contributed by atoms with E-state index in [1.807, 2.05) is 0 Å². The molecule has 0 aliphatic heterocycles. The van der Waals surface area contributed by atoms with Crippen LogP contribution in [0.25, 0.3) is 10.6 Å². The quantitative estimate of drug-likeness (QED) is 0.621. The van der Waals surface area contributed by atoms with E-state index in [1.165, 1.54) is 17.6 Å². The normalized spacial score (nSPS) is 10.0. The van der Waals surface area contributed by atoms with Crippen molar-refractivity contribution in [3.8, 4) is 10.6 Å². The zero-order valence-corrected chi connectivity index (χ0v) is 5.76. The summed E-state index contributed by atoms with van der Waals surface area (Å²) in [7, 11) is 0. The molecule has 0 N–H and O–H groups in total. The summed E-state index contributed by atoms with van der Waals surface area (Å²) in [5, 5.41) is 3.70. The van der Waals surface area contributed by atoms with Gasteiger partial charge < -0.3 is 4.52 Å². The van der Waals surface area contributed by atoms with Gasteiger partial charge in [-0.25, -0.2) is 0 Å². The number of thiazole rings is 1. The van der Waals surface area contributed by atoms with Crippen LogP contribution in [-0.2, 0) is 0 Å². The van der Waals surface area contributed by atoms with Crippen LogP contribution in [0.15, 0.2) is 22.5 Å². The molecule has 0 unspecified atom stereocenters. The third-order valence-electron chi connectivity index (χ3n) is 1.06. The van der Waals surface area contributed by atoms with Crippen molar-refractivity contribution in [1.29, 1.82) is 0 Å². The lowest BCUT2D eigenvalue weighted by atomic mass is 10.4. The average Bonchev–Trinajstić information content (AvgIpc) is 2.59. The molecule has 0 saturated carbocycles. The molecule has 49 valence electrons. The van der Waals surface area contributed by atoms with E-state index in [0.717, 1.165) is 10.6 Å². The van der Waals surface area contributed by atoms with Crippen LogP contribution in [0.2, 0.25) is 0 Å². The largest absolute Gasteiger partial charge is 0.363 e. The van der Waals surface area contributed by atoms with Gasteiger partial charge in [0.15, 0.2) is 0 Å². The summed E-state index contributed by atoms with van der Waals surface area (Å²) in [6.45, 7) is 0. The van der Waals surface area contributed by atoms with Crippen molar-refractivity contribution in [3.63, 3.8) is 0 Å². The highest BCUT2D eigenvalue weighted by Crippen LogP contribution is 2.19. The van der Waals surface area contributed by atoms with Gasteiger partial charge in [-0.15, -0.1) is 11.3 Å². The molecule has 0 fully saturated rings. The van der Waals surface area contributed by atoms with Crippen molar-refractivity contribution in [2.75, 3.05) is 0 Å². The summed E-state index contributed by atoms with van der Waals surface area (Å²) in [5.41, 5.74) is 2.47. The Balaban J connectivity index is 2.48. The van der Waals surface area contributed by atoms with Crippen molar-refractivity contribution >= 4 is 11.3 Å². The Kier molecular flexibility index (Phi) is 1.25. The van der Waals surface area contributed by atoms with Gasteiger partial charge in [-0.3, -0.25) is 4.98 Å². The highest BCUT2D eigenvalue weighted by atomic mass is 32.1. The van der Waals surface area contributed by atoms with Gasteiger partial charge in [-0.2, -0.15) is 0 Å². The minimum absolute atomic E-state index is 0.725. The highest BCUT2D eigenvalue weighted by Gasteiger charge is 2.00. The molecular formula is C6H3N2OS. The zero-order valence-electron chi connectivity index (χ0n) is 4.94. The zero-order chi connectivity index (χ0) is 6.81. The Morgan fingerprint density at radius 2 is 2.60 bits per heavy atom. The number of rotatable bonds is 1. The summed E-state index contributed by atoms with van der Waals surface area (Å²) in [4.78, 5) is 4.88. The van der Waals surface area contributed by atoms with Crippen LogP contribution >= 0.6 is 11.3 Å². The van der Waals surface area contributed by atoms with E-state index in [0.29, 0.717) is 0 Å². The predicted molar refractivity (Wildman–Crippen MR) is 36.4 cm³/mol. The van der Waals surface area contributed by atoms with E-state index in [4.69, 9.17) is 0 Å². The molecule has 0 atom stereocenters. The topological polar surface area (TPSA) is 38.9 Å². The lowest BCUT2D eigenvalue weighted by Gasteiger charge is -1.79. The van der Waals surface area contributed by atoms with Crippen LogP contribution in [0, 0.1) is 6.07 Å².